The predicted molar refractivity (Wildman–Crippen MR) is 60.6 cm³/mol. The maximum Gasteiger partial charge on any atom is 0.173 e. The van der Waals surface area contributed by atoms with E-state index in [4.69, 9.17) is 4.74 Å². The van der Waals surface area contributed by atoms with Crippen molar-refractivity contribution in [1.29, 1.82) is 0 Å². The fraction of sp³-hybridized carbons (Fsp3) is 0.615. The molecule has 1 rings (SSSR count). The minimum Gasteiger partial charge on any atom is -0.486 e. The summed E-state index contributed by atoms with van der Waals surface area (Å²) < 4.78 is 5.56. The van der Waals surface area contributed by atoms with Crippen molar-refractivity contribution < 1.29 is 4.74 Å². The summed E-state index contributed by atoms with van der Waals surface area (Å²) in [6.07, 6.45) is 14.4. The first-order chi connectivity index (χ1) is 6.88. The standard InChI is InChI=1S/C13H21O/c1-3-5-8-12-9-7-11-14-13(12)10-6-4-2/h7,9,11H,3-6,8,10H2,1-2H3. The maximum atomic E-state index is 5.56. The molecule has 0 saturated carbocycles. The van der Waals surface area contributed by atoms with Crippen LogP contribution < -0.4 is 0 Å². The van der Waals surface area contributed by atoms with Gasteiger partial charge in [0.25, 0.3) is 0 Å². The molecule has 1 heterocycles. The minimum atomic E-state index is 1.09. The van der Waals surface area contributed by atoms with E-state index >= 15 is 0 Å². The van der Waals surface area contributed by atoms with Gasteiger partial charge in [-0.3, -0.25) is 0 Å². The molecule has 1 radical (unpaired) electrons. The molecule has 0 aromatic rings. The highest BCUT2D eigenvalue weighted by Gasteiger charge is 2.16. The van der Waals surface area contributed by atoms with E-state index in [0.717, 1.165) is 6.42 Å². The van der Waals surface area contributed by atoms with Crippen LogP contribution in [0.4, 0.5) is 0 Å². The number of unbranched alkanes of at least 4 members (excludes halogenated alkanes) is 2. The lowest BCUT2D eigenvalue weighted by molar-refractivity contribution is 0.252. The second-order valence-corrected chi connectivity index (χ2v) is 3.77. The lowest BCUT2D eigenvalue weighted by Crippen LogP contribution is -2.06. The van der Waals surface area contributed by atoms with Crippen LogP contribution in [0.15, 0.2) is 24.0 Å². The van der Waals surface area contributed by atoms with Crippen LogP contribution in [-0.2, 0) is 4.74 Å². The van der Waals surface area contributed by atoms with Crippen LogP contribution in [0.3, 0.4) is 0 Å². The average molecular weight is 193 g/mol. The van der Waals surface area contributed by atoms with Gasteiger partial charge in [-0.2, -0.15) is 0 Å². The van der Waals surface area contributed by atoms with Gasteiger partial charge in [0.15, 0.2) is 6.10 Å². The molecule has 14 heavy (non-hydrogen) atoms. The summed E-state index contributed by atoms with van der Waals surface area (Å²) in [5, 5.41) is 0. The number of hydrogen-bond acceptors (Lipinski definition) is 1. The number of rotatable bonds is 6. The highest BCUT2D eigenvalue weighted by Crippen LogP contribution is 2.29. The number of hydrogen-bond donors (Lipinski definition) is 0. The molecule has 0 amide bonds. The third-order valence-corrected chi connectivity index (χ3v) is 2.50. The molecular formula is C13H21O. The summed E-state index contributed by atoms with van der Waals surface area (Å²) >= 11 is 0. The van der Waals surface area contributed by atoms with Crippen LogP contribution in [0.2, 0.25) is 0 Å². The molecule has 0 aromatic carbocycles. The van der Waals surface area contributed by atoms with Crippen LogP contribution in [-0.4, -0.2) is 0 Å². The van der Waals surface area contributed by atoms with Crippen LogP contribution in [0, 0.1) is 6.10 Å². The Kier molecular flexibility index (Phi) is 5.43. The van der Waals surface area contributed by atoms with Gasteiger partial charge >= 0.3 is 0 Å². The zero-order valence-electron chi connectivity index (χ0n) is 9.38. The van der Waals surface area contributed by atoms with Gasteiger partial charge in [-0.25, -0.2) is 0 Å². The Morgan fingerprint density at radius 2 is 1.79 bits per heavy atom. The second-order valence-electron chi connectivity index (χ2n) is 3.77. The van der Waals surface area contributed by atoms with Crippen LogP contribution in [0.25, 0.3) is 0 Å². The first-order valence-corrected chi connectivity index (χ1v) is 5.77. The van der Waals surface area contributed by atoms with Crippen molar-refractivity contribution in [3.8, 4) is 0 Å². The van der Waals surface area contributed by atoms with Crippen LogP contribution in [0.5, 0.6) is 0 Å². The first-order valence-electron chi connectivity index (χ1n) is 5.77. The smallest absolute Gasteiger partial charge is 0.173 e. The van der Waals surface area contributed by atoms with E-state index < -0.39 is 0 Å². The summed E-state index contributed by atoms with van der Waals surface area (Å²) in [5.74, 6) is 0. The quantitative estimate of drug-likeness (QED) is 0.608. The van der Waals surface area contributed by atoms with Crippen molar-refractivity contribution in [2.24, 2.45) is 0 Å². The van der Waals surface area contributed by atoms with Gasteiger partial charge in [0, 0.05) is 0 Å². The molecule has 0 spiro atoms. The Bertz CT molecular complexity index is 203. The first kappa shape index (κ1) is 11.4. The van der Waals surface area contributed by atoms with Gasteiger partial charge in [0.2, 0.25) is 0 Å². The van der Waals surface area contributed by atoms with Gasteiger partial charge in [-0.1, -0.05) is 32.8 Å². The molecule has 1 heteroatoms. The topological polar surface area (TPSA) is 9.23 Å². The summed E-state index contributed by atoms with van der Waals surface area (Å²) in [5.41, 5.74) is 1.41. The zero-order valence-corrected chi connectivity index (χ0v) is 9.38. The average Bonchev–Trinajstić information content (AvgIpc) is 2.24. The summed E-state index contributed by atoms with van der Waals surface area (Å²) in [6, 6.07) is 0. The molecule has 0 bridgehead atoms. The molecule has 0 aromatic heterocycles. The second kappa shape index (κ2) is 6.69. The van der Waals surface area contributed by atoms with Crippen molar-refractivity contribution in [3.63, 3.8) is 0 Å². The van der Waals surface area contributed by atoms with E-state index in [2.05, 4.69) is 19.9 Å². The molecule has 0 unspecified atom stereocenters. The predicted octanol–water partition coefficient (Wildman–Crippen LogP) is 4.37. The van der Waals surface area contributed by atoms with Crippen LogP contribution in [0.1, 0.15) is 52.4 Å². The van der Waals surface area contributed by atoms with Crippen molar-refractivity contribution in [1.82, 2.24) is 0 Å². The highest BCUT2D eigenvalue weighted by atomic mass is 16.5. The summed E-state index contributed by atoms with van der Waals surface area (Å²) in [4.78, 5) is 0. The molecule has 1 aliphatic heterocycles. The molecule has 1 aliphatic rings. The van der Waals surface area contributed by atoms with E-state index in [-0.39, 0.29) is 0 Å². The molecule has 0 aliphatic carbocycles. The molecule has 0 atom stereocenters. The fourth-order valence-electron chi connectivity index (χ4n) is 1.59. The Labute approximate surface area is 87.8 Å². The molecule has 0 saturated heterocycles. The Hall–Kier alpha value is -0.720. The van der Waals surface area contributed by atoms with Gasteiger partial charge in [0.05, 0.1) is 6.26 Å². The van der Waals surface area contributed by atoms with Crippen molar-refractivity contribution >= 4 is 0 Å². The Balaban J connectivity index is 2.40. The normalized spacial score (nSPS) is 16.6. The number of ether oxygens (including phenoxy) is 1. The molecule has 1 nitrogen and oxygen atoms in total. The molecule has 79 valence electrons. The zero-order chi connectivity index (χ0) is 10.2. The van der Waals surface area contributed by atoms with E-state index in [1.807, 2.05) is 6.08 Å². The Morgan fingerprint density at radius 1 is 1.07 bits per heavy atom. The lowest BCUT2D eigenvalue weighted by Gasteiger charge is -2.20. The van der Waals surface area contributed by atoms with Crippen LogP contribution >= 0.6 is 0 Å². The van der Waals surface area contributed by atoms with Gasteiger partial charge < -0.3 is 4.74 Å². The van der Waals surface area contributed by atoms with E-state index in [1.165, 1.54) is 43.8 Å². The third-order valence-electron chi connectivity index (χ3n) is 2.50. The van der Waals surface area contributed by atoms with E-state index in [1.54, 1.807) is 6.26 Å². The van der Waals surface area contributed by atoms with Gasteiger partial charge in [0.1, 0.15) is 0 Å². The van der Waals surface area contributed by atoms with E-state index in [0.29, 0.717) is 0 Å². The largest absolute Gasteiger partial charge is 0.486 e. The van der Waals surface area contributed by atoms with E-state index in [9.17, 15) is 0 Å². The Morgan fingerprint density at radius 3 is 2.50 bits per heavy atom. The van der Waals surface area contributed by atoms with Gasteiger partial charge in [-0.05, 0) is 37.3 Å². The monoisotopic (exact) mass is 193 g/mol. The third kappa shape index (κ3) is 3.57. The minimum absolute atomic E-state index is 1.09. The van der Waals surface area contributed by atoms with Crippen molar-refractivity contribution in [2.75, 3.05) is 0 Å². The van der Waals surface area contributed by atoms with Crippen molar-refractivity contribution in [2.45, 2.75) is 52.4 Å². The SMILES string of the molecule is CCCC[C]1OC=CC=C1CCCC. The summed E-state index contributed by atoms with van der Waals surface area (Å²) in [6.45, 7) is 4.44. The van der Waals surface area contributed by atoms with Crippen molar-refractivity contribution in [3.05, 3.63) is 30.1 Å². The fourth-order valence-corrected chi connectivity index (χ4v) is 1.59. The van der Waals surface area contributed by atoms with Gasteiger partial charge in [-0.15, -0.1) is 0 Å². The molecule has 0 N–H and O–H groups in total. The maximum absolute atomic E-state index is 5.56. The summed E-state index contributed by atoms with van der Waals surface area (Å²) in [7, 11) is 0. The highest BCUT2D eigenvalue weighted by molar-refractivity contribution is 5.27. The molecular weight excluding hydrogens is 172 g/mol. The lowest BCUT2D eigenvalue weighted by atomic mass is 9.97. The number of allylic oxidation sites excluding steroid dienone is 2. The molecule has 0 fully saturated rings.